The molecule has 0 fully saturated rings. The van der Waals surface area contributed by atoms with E-state index in [2.05, 4.69) is 5.32 Å². The number of anilines is 1. The van der Waals surface area contributed by atoms with Crippen molar-refractivity contribution in [3.05, 3.63) is 58.9 Å². The molecule has 27 heavy (non-hydrogen) atoms. The van der Waals surface area contributed by atoms with E-state index in [1.807, 2.05) is 0 Å². The molecular formula is C18H20ClFN2O4S. The molecule has 1 atom stereocenters. The molecule has 0 aliphatic carbocycles. The maximum Gasteiger partial charge on any atom is 0.241 e. The summed E-state index contributed by atoms with van der Waals surface area (Å²) >= 11 is 5.97. The van der Waals surface area contributed by atoms with E-state index in [0.717, 1.165) is 10.6 Å². The van der Waals surface area contributed by atoms with Crippen LogP contribution >= 0.6 is 11.6 Å². The fraction of sp³-hybridized carbons (Fsp3) is 0.278. The highest BCUT2D eigenvalue weighted by molar-refractivity contribution is 7.92. The third-order valence-electron chi connectivity index (χ3n) is 3.84. The number of methoxy groups -OCH3 is 1. The van der Waals surface area contributed by atoms with Crippen molar-refractivity contribution < 1.29 is 22.3 Å². The van der Waals surface area contributed by atoms with Gasteiger partial charge in [0.05, 0.1) is 25.1 Å². The molecule has 2 rings (SSSR count). The lowest BCUT2D eigenvalue weighted by Crippen LogP contribution is -2.41. The van der Waals surface area contributed by atoms with Crippen LogP contribution in [0.4, 0.5) is 10.1 Å². The topological polar surface area (TPSA) is 75.7 Å². The van der Waals surface area contributed by atoms with Gasteiger partial charge in [-0.15, -0.1) is 0 Å². The molecule has 146 valence electrons. The van der Waals surface area contributed by atoms with Crippen molar-refractivity contribution >= 4 is 33.2 Å². The molecule has 0 saturated carbocycles. The van der Waals surface area contributed by atoms with Crippen LogP contribution in [0.2, 0.25) is 5.02 Å². The molecule has 9 heteroatoms. The first-order valence-corrected chi connectivity index (χ1v) is 10.2. The van der Waals surface area contributed by atoms with Gasteiger partial charge in [-0.2, -0.15) is 0 Å². The quantitative estimate of drug-likeness (QED) is 0.755. The Balaban J connectivity index is 2.23. The lowest BCUT2D eigenvalue weighted by Gasteiger charge is -2.25. The molecular weight excluding hydrogens is 395 g/mol. The molecule has 0 spiro atoms. The van der Waals surface area contributed by atoms with Gasteiger partial charge < -0.3 is 10.1 Å². The van der Waals surface area contributed by atoms with Gasteiger partial charge in [0.15, 0.2) is 0 Å². The van der Waals surface area contributed by atoms with Gasteiger partial charge in [-0.05, 0) is 42.8 Å². The molecule has 1 amide bonds. The summed E-state index contributed by atoms with van der Waals surface area (Å²) in [5, 5.41) is 3.00. The molecule has 0 unspecified atom stereocenters. The monoisotopic (exact) mass is 414 g/mol. The third kappa shape index (κ3) is 5.58. The van der Waals surface area contributed by atoms with E-state index >= 15 is 0 Å². The number of halogens is 2. The highest BCUT2D eigenvalue weighted by Crippen LogP contribution is 2.32. The van der Waals surface area contributed by atoms with Gasteiger partial charge in [0.1, 0.15) is 18.1 Å². The Morgan fingerprint density at radius 3 is 2.44 bits per heavy atom. The molecule has 0 saturated heterocycles. The Labute approximate surface area is 162 Å². The third-order valence-corrected chi connectivity index (χ3v) is 5.21. The van der Waals surface area contributed by atoms with Crippen molar-refractivity contribution in [3.8, 4) is 5.75 Å². The summed E-state index contributed by atoms with van der Waals surface area (Å²) in [6.45, 7) is 1.26. The zero-order chi connectivity index (χ0) is 20.2. The van der Waals surface area contributed by atoms with Crippen LogP contribution in [0.15, 0.2) is 42.5 Å². The number of carbonyl (C=O) groups excluding carboxylic acids is 1. The maximum atomic E-state index is 13.0. The second kappa shape index (κ2) is 8.58. The highest BCUT2D eigenvalue weighted by Gasteiger charge is 2.25. The molecule has 0 aliphatic heterocycles. The zero-order valence-corrected chi connectivity index (χ0v) is 16.6. The molecule has 0 aliphatic rings. The van der Waals surface area contributed by atoms with Crippen LogP contribution in [0.1, 0.15) is 18.5 Å². The van der Waals surface area contributed by atoms with Gasteiger partial charge in [-0.25, -0.2) is 12.8 Å². The van der Waals surface area contributed by atoms with Crippen LogP contribution in [-0.2, 0) is 14.8 Å². The van der Waals surface area contributed by atoms with Gasteiger partial charge in [-0.1, -0.05) is 23.7 Å². The van der Waals surface area contributed by atoms with Gasteiger partial charge in [0.2, 0.25) is 15.9 Å². The van der Waals surface area contributed by atoms with E-state index in [1.54, 1.807) is 25.1 Å². The van der Waals surface area contributed by atoms with E-state index in [9.17, 15) is 17.6 Å². The zero-order valence-electron chi connectivity index (χ0n) is 15.1. The lowest BCUT2D eigenvalue weighted by molar-refractivity contribution is -0.120. The number of hydrogen-bond acceptors (Lipinski definition) is 4. The number of rotatable bonds is 7. The Morgan fingerprint density at radius 2 is 1.89 bits per heavy atom. The smallest absolute Gasteiger partial charge is 0.241 e. The van der Waals surface area contributed by atoms with Crippen LogP contribution in [0.3, 0.4) is 0 Å². The molecule has 1 N–H and O–H groups in total. The summed E-state index contributed by atoms with van der Waals surface area (Å²) in [6.07, 6.45) is 0.990. The Hall–Kier alpha value is -2.32. The normalized spacial score (nSPS) is 12.3. The number of nitrogens with zero attached hydrogens (tertiary/aromatic N) is 1. The van der Waals surface area contributed by atoms with Gasteiger partial charge in [-0.3, -0.25) is 9.10 Å². The van der Waals surface area contributed by atoms with Gasteiger partial charge in [0, 0.05) is 5.02 Å². The van der Waals surface area contributed by atoms with Crippen molar-refractivity contribution in [3.63, 3.8) is 0 Å². The molecule has 0 aromatic heterocycles. The minimum Gasteiger partial charge on any atom is -0.495 e. The summed E-state index contributed by atoms with van der Waals surface area (Å²) in [4.78, 5) is 12.4. The first kappa shape index (κ1) is 21.0. The second-order valence-corrected chi connectivity index (χ2v) is 8.27. The fourth-order valence-electron chi connectivity index (χ4n) is 2.49. The predicted molar refractivity (Wildman–Crippen MR) is 103 cm³/mol. The summed E-state index contributed by atoms with van der Waals surface area (Å²) in [5.74, 6) is -0.642. The first-order valence-electron chi connectivity index (χ1n) is 7.98. The molecule has 0 bridgehead atoms. The molecule has 2 aromatic carbocycles. The van der Waals surface area contributed by atoms with Gasteiger partial charge >= 0.3 is 0 Å². The lowest BCUT2D eigenvalue weighted by atomic mass is 10.1. The Bertz CT molecular complexity index is 919. The average molecular weight is 415 g/mol. The van der Waals surface area contributed by atoms with Crippen molar-refractivity contribution in [1.29, 1.82) is 0 Å². The molecule has 2 aromatic rings. The van der Waals surface area contributed by atoms with Crippen LogP contribution < -0.4 is 14.4 Å². The molecule has 0 heterocycles. The van der Waals surface area contributed by atoms with Crippen LogP contribution in [-0.4, -0.2) is 34.2 Å². The van der Waals surface area contributed by atoms with Crippen molar-refractivity contribution in [2.75, 3.05) is 24.2 Å². The second-order valence-electron chi connectivity index (χ2n) is 5.93. The number of hydrogen-bond donors (Lipinski definition) is 1. The standard InChI is InChI=1S/C18H20ClFN2O4S/c1-12(13-4-7-15(20)8-5-13)21-18(23)11-22(27(3,24)25)16-10-14(19)6-9-17(16)26-2/h4-10,12H,11H2,1-3H3,(H,21,23)/t12-/m1/s1. The first-order chi connectivity index (χ1) is 12.6. The Kier molecular flexibility index (Phi) is 6.67. The minimum atomic E-state index is -3.78. The number of carbonyl (C=O) groups is 1. The largest absolute Gasteiger partial charge is 0.495 e. The van der Waals surface area contributed by atoms with E-state index < -0.39 is 28.5 Å². The SMILES string of the molecule is COc1ccc(Cl)cc1N(CC(=O)N[C@H](C)c1ccc(F)cc1)S(C)(=O)=O. The average Bonchev–Trinajstić information content (AvgIpc) is 2.59. The van der Waals surface area contributed by atoms with Crippen LogP contribution in [0, 0.1) is 5.82 Å². The van der Waals surface area contributed by atoms with Crippen molar-refractivity contribution in [2.45, 2.75) is 13.0 Å². The number of nitrogens with one attached hydrogen (secondary N) is 1. The summed E-state index contributed by atoms with van der Waals surface area (Å²) in [7, 11) is -2.39. The predicted octanol–water partition coefficient (Wildman–Crippen LogP) is 3.13. The van der Waals surface area contributed by atoms with Crippen molar-refractivity contribution in [2.24, 2.45) is 0 Å². The summed E-state index contributed by atoms with van der Waals surface area (Å²) < 4.78 is 43.6. The van der Waals surface area contributed by atoms with E-state index in [4.69, 9.17) is 16.3 Å². The number of ether oxygens (including phenoxy) is 1. The summed E-state index contributed by atoms with van der Waals surface area (Å²) in [5.41, 5.74) is 0.855. The molecule has 6 nitrogen and oxygen atoms in total. The van der Waals surface area contributed by atoms with Crippen LogP contribution in [0.5, 0.6) is 5.75 Å². The summed E-state index contributed by atoms with van der Waals surface area (Å²) in [6, 6.07) is 9.74. The number of sulfonamides is 1. The van der Waals surface area contributed by atoms with Crippen molar-refractivity contribution in [1.82, 2.24) is 5.32 Å². The molecule has 0 radical (unpaired) electrons. The maximum absolute atomic E-state index is 13.0. The van der Waals surface area contributed by atoms with Gasteiger partial charge in [0.25, 0.3) is 0 Å². The number of benzene rings is 2. The Morgan fingerprint density at radius 1 is 1.26 bits per heavy atom. The van der Waals surface area contributed by atoms with E-state index in [0.29, 0.717) is 10.6 Å². The van der Waals surface area contributed by atoms with E-state index in [-0.39, 0.29) is 17.3 Å². The number of amides is 1. The van der Waals surface area contributed by atoms with Crippen LogP contribution in [0.25, 0.3) is 0 Å². The fourth-order valence-corrected chi connectivity index (χ4v) is 3.51. The minimum absolute atomic E-state index is 0.164. The van der Waals surface area contributed by atoms with E-state index in [1.165, 1.54) is 31.4 Å². The highest BCUT2D eigenvalue weighted by atomic mass is 35.5.